The van der Waals surface area contributed by atoms with E-state index >= 15 is 0 Å². The molecule has 6 heteroatoms. The molecule has 0 fully saturated rings. The molecule has 1 amide bonds. The van der Waals surface area contributed by atoms with Gasteiger partial charge in [-0.15, -0.1) is 17.8 Å². The van der Waals surface area contributed by atoms with Gasteiger partial charge >= 0.3 is 0 Å². The van der Waals surface area contributed by atoms with Crippen LogP contribution in [0.5, 0.6) is 0 Å². The first-order chi connectivity index (χ1) is 12.7. The first kappa shape index (κ1) is 16.3. The summed E-state index contributed by atoms with van der Waals surface area (Å²) >= 11 is 1.61. The molecule has 3 aromatic rings. The lowest BCUT2D eigenvalue weighted by Gasteiger charge is -2.25. The van der Waals surface area contributed by atoms with Gasteiger partial charge in [-0.3, -0.25) is 4.79 Å². The number of thiophene rings is 1. The van der Waals surface area contributed by atoms with E-state index in [9.17, 15) is 4.79 Å². The summed E-state index contributed by atoms with van der Waals surface area (Å²) in [5, 5.41) is 4.40. The Morgan fingerprint density at radius 2 is 2.31 bits per heavy atom. The van der Waals surface area contributed by atoms with Crippen molar-refractivity contribution in [1.82, 2.24) is 14.9 Å². The topological polar surface area (TPSA) is 58.1 Å². The molecule has 3 heterocycles. The zero-order chi connectivity index (χ0) is 18.1. The minimum absolute atomic E-state index is 0.0383. The Morgan fingerprint density at radius 3 is 3.12 bits per heavy atom. The number of nitrogens with one attached hydrogen (secondary N) is 1. The molecule has 1 aromatic carbocycles. The van der Waals surface area contributed by atoms with Crippen LogP contribution in [0.25, 0.3) is 10.2 Å². The maximum absolute atomic E-state index is 11.9. The Bertz CT molecular complexity index is 1060. The molecule has 0 saturated carbocycles. The smallest absolute Gasteiger partial charge is 0.246 e. The SMILES string of the molecule is C#Cc1cccc(Nc2ncnc3sc4c(c23)CCN(C(=O)C=C)C4)c1. The normalized spacial score (nSPS) is 13.1. The summed E-state index contributed by atoms with van der Waals surface area (Å²) in [4.78, 5) is 24.7. The summed E-state index contributed by atoms with van der Waals surface area (Å²) in [6.07, 6.45) is 9.19. The molecule has 1 aliphatic heterocycles. The molecular weight excluding hydrogens is 344 g/mol. The molecule has 128 valence electrons. The number of carbonyl (C=O) groups is 1. The molecule has 5 nitrogen and oxygen atoms in total. The van der Waals surface area contributed by atoms with Gasteiger partial charge in [0.2, 0.25) is 5.91 Å². The maximum Gasteiger partial charge on any atom is 0.246 e. The Hall–Kier alpha value is -3.17. The number of amides is 1. The van der Waals surface area contributed by atoms with Crippen molar-refractivity contribution >= 4 is 39.0 Å². The van der Waals surface area contributed by atoms with Crippen LogP contribution in [-0.2, 0) is 17.8 Å². The van der Waals surface area contributed by atoms with Gasteiger partial charge in [-0.25, -0.2) is 9.97 Å². The predicted molar refractivity (Wildman–Crippen MR) is 104 cm³/mol. The number of nitrogens with zero attached hydrogens (tertiary/aromatic N) is 3. The molecule has 0 aliphatic carbocycles. The van der Waals surface area contributed by atoms with Crippen molar-refractivity contribution in [1.29, 1.82) is 0 Å². The summed E-state index contributed by atoms with van der Waals surface area (Å²) in [5.74, 6) is 3.37. The molecule has 0 bridgehead atoms. The lowest BCUT2D eigenvalue weighted by Crippen LogP contribution is -2.34. The monoisotopic (exact) mass is 360 g/mol. The number of aromatic nitrogens is 2. The lowest BCUT2D eigenvalue weighted by atomic mass is 10.0. The van der Waals surface area contributed by atoms with Gasteiger partial charge in [0.15, 0.2) is 0 Å². The molecule has 0 unspecified atom stereocenters. The van der Waals surface area contributed by atoms with Gasteiger partial charge in [-0.05, 0) is 36.3 Å². The maximum atomic E-state index is 11.9. The second-order valence-electron chi connectivity index (χ2n) is 5.97. The largest absolute Gasteiger partial charge is 0.340 e. The van der Waals surface area contributed by atoms with E-state index in [1.54, 1.807) is 17.7 Å². The number of hydrogen-bond donors (Lipinski definition) is 1. The Labute approximate surface area is 155 Å². The van der Waals surface area contributed by atoms with E-state index in [4.69, 9.17) is 6.42 Å². The first-order valence-corrected chi connectivity index (χ1v) is 9.01. The molecule has 26 heavy (non-hydrogen) atoms. The number of rotatable bonds is 3. The van der Waals surface area contributed by atoms with Crippen LogP contribution in [0, 0.1) is 12.3 Å². The Kier molecular flexibility index (Phi) is 4.15. The van der Waals surface area contributed by atoms with Gasteiger partial charge in [0.05, 0.1) is 11.9 Å². The number of anilines is 2. The van der Waals surface area contributed by atoms with Crippen LogP contribution >= 0.6 is 11.3 Å². The lowest BCUT2D eigenvalue weighted by molar-refractivity contribution is -0.126. The third kappa shape index (κ3) is 2.83. The van der Waals surface area contributed by atoms with Gasteiger partial charge in [-0.1, -0.05) is 18.6 Å². The second kappa shape index (κ2) is 6.62. The highest BCUT2D eigenvalue weighted by Gasteiger charge is 2.25. The number of benzene rings is 1. The Morgan fingerprint density at radius 1 is 1.42 bits per heavy atom. The molecule has 2 aromatic heterocycles. The van der Waals surface area contributed by atoms with E-state index in [-0.39, 0.29) is 5.91 Å². The molecule has 0 spiro atoms. The molecule has 0 radical (unpaired) electrons. The average Bonchev–Trinajstić information content (AvgIpc) is 3.06. The quantitative estimate of drug-likeness (QED) is 0.574. The van der Waals surface area contributed by atoms with Crippen molar-refractivity contribution in [2.24, 2.45) is 0 Å². The zero-order valence-corrected chi connectivity index (χ0v) is 14.8. The van der Waals surface area contributed by atoms with E-state index in [2.05, 4.69) is 27.8 Å². The van der Waals surface area contributed by atoms with Crippen molar-refractivity contribution in [2.75, 3.05) is 11.9 Å². The van der Waals surface area contributed by atoms with Gasteiger partial charge < -0.3 is 10.2 Å². The van der Waals surface area contributed by atoms with Crippen molar-refractivity contribution < 1.29 is 4.79 Å². The van der Waals surface area contributed by atoms with Crippen LogP contribution in [0.15, 0.2) is 43.2 Å². The van der Waals surface area contributed by atoms with Gasteiger partial charge in [0.1, 0.15) is 17.0 Å². The van der Waals surface area contributed by atoms with Crippen LogP contribution in [0.3, 0.4) is 0 Å². The van der Waals surface area contributed by atoms with Crippen LogP contribution < -0.4 is 5.32 Å². The number of carbonyl (C=O) groups excluding carboxylic acids is 1. The molecule has 4 rings (SSSR count). The highest BCUT2D eigenvalue weighted by atomic mass is 32.1. The van der Waals surface area contributed by atoms with E-state index < -0.39 is 0 Å². The second-order valence-corrected chi connectivity index (χ2v) is 7.05. The van der Waals surface area contributed by atoms with Gasteiger partial charge in [-0.2, -0.15) is 0 Å². The summed E-state index contributed by atoms with van der Waals surface area (Å²) < 4.78 is 0. The van der Waals surface area contributed by atoms with Gasteiger partial charge in [0.25, 0.3) is 0 Å². The predicted octanol–water partition coefficient (Wildman–Crippen LogP) is 3.49. The molecule has 1 N–H and O–H groups in total. The average molecular weight is 360 g/mol. The van der Waals surface area contributed by atoms with Crippen LogP contribution in [0.1, 0.15) is 16.0 Å². The highest BCUT2D eigenvalue weighted by Crippen LogP contribution is 2.38. The van der Waals surface area contributed by atoms with Crippen LogP contribution in [-0.4, -0.2) is 27.3 Å². The molecule has 1 aliphatic rings. The summed E-state index contributed by atoms with van der Waals surface area (Å²) in [7, 11) is 0. The standard InChI is InChI=1S/C20H16N4OS/c1-3-13-6-5-7-14(10-13)23-19-18-15-8-9-24(17(25)4-2)11-16(15)26-20(18)22-12-21-19/h1,4-7,10,12H,2,8-9,11H2,(H,21,22,23). The highest BCUT2D eigenvalue weighted by molar-refractivity contribution is 7.19. The minimum atomic E-state index is -0.0383. The fourth-order valence-corrected chi connectivity index (χ4v) is 4.37. The molecular formula is C20H16N4OS. The Balaban J connectivity index is 1.73. The third-order valence-corrected chi connectivity index (χ3v) is 5.54. The van der Waals surface area contributed by atoms with Crippen molar-refractivity contribution in [3.63, 3.8) is 0 Å². The summed E-state index contributed by atoms with van der Waals surface area (Å²) in [6.45, 7) is 4.84. The fraction of sp³-hybridized carbons (Fsp3) is 0.150. The van der Waals surface area contributed by atoms with Crippen molar-refractivity contribution in [3.8, 4) is 12.3 Å². The van der Waals surface area contributed by atoms with Gasteiger partial charge in [0, 0.05) is 22.7 Å². The zero-order valence-electron chi connectivity index (χ0n) is 14.0. The third-order valence-electron chi connectivity index (χ3n) is 4.42. The van der Waals surface area contributed by atoms with Crippen molar-refractivity contribution in [2.45, 2.75) is 13.0 Å². The van der Waals surface area contributed by atoms with Crippen LogP contribution in [0.4, 0.5) is 11.5 Å². The number of fused-ring (bicyclic) bond motifs is 3. The molecule has 0 saturated heterocycles. The van der Waals surface area contributed by atoms with Crippen molar-refractivity contribution in [3.05, 3.63) is 59.3 Å². The van der Waals surface area contributed by atoms with E-state index in [1.165, 1.54) is 11.6 Å². The first-order valence-electron chi connectivity index (χ1n) is 8.20. The summed E-state index contributed by atoms with van der Waals surface area (Å²) in [5.41, 5.74) is 2.92. The minimum Gasteiger partial charge on any atom is -0.340 e. The van der Waals surface area contributed by atoms with Crippen LogP contribution in [0.2, 0.25) is 0 Å². The summed E-state index contributed by atoms with van der Waals surface area (Å²) in [6, 6.07) is 7.67. The van der Waals surface area contributed by atoms with E-state index in [1.807, 2.05) is 29.2 Å². The van der Waals surface area contributed by atoms with E-state index in [0.717, 1.165) is 38.6 Å². The molecule has 0 atom stereocenters. The fourth-order valence-electron chi connectivity index (χ4n) is 3.16. The number of hydrogen-bond acceptors (Lipinski definition) is 5. The number of terminal acetylenes is 1. The van der Waals surface area contributed by atoms with E-state index in [0.29, 0.717) is 13.1 Å².